The molecule has 1 fully saturated rings. The standard InChI is InChI=1S/C18H21NO/c1-2-5-16(6-3-1)9-10-17-7-4-8-18(15-17)19-11-13-20-14-12-19/h1-8,15H,9-14H2. The highest BCUT2D eigenvalue weighted by molar-refractivity contribution is 5.49. The van der Waals surface area contributed by atoms with E-state index in [-0.39, 0.29) is 0 Å². The zero-order valence-corrected chi connectivity index (χ0v) is 11.8. The van der Waals surface area contributed by atoms with Crippen LogP contribution in [0.15, 0.2) is 54.6 Å². The van der Waals surface area contributed by atoms with Crippen molar-refractivity contribution in [2.75, 3.05) is 31.2 Å². The first-order valence-corrected chi connectivity index (χ1v) is 7.37. The number of ether oxygens (including phenoxy) is 1. The molecule has 0 amide bonds. The summed E-state index contributed by atoms with van der Waals surface area (Å²) >= 11 is 0. The Bertz CT molecular complexity index is 532. The van der Waals surface area contributed by atoms with Crippen LogP contribution in [0.2, 0.25) is 0 Å². The Morgan fingerprint density at radius 2 is 1.50 bits per heavy atom. The van der Waals surface area contributed by atoms with Gasteiger partial charge in [0.05, 0.1) is 13.2 Å². The molecule has 0 bridgehead atoms. The van der Waals surface area contributed by atoms with E-state index in [0.29, 0.717) is 0 Å². The maximum Gasteiger partial charge on any atom is 0.0642 e. The molecule has 2 aromatic rings. The topological polar surface area (TPSA) is 12.5 Å². The maximum atomic E-state index is 5.42. The number of hydrogen-bond donors (Lipinski definition) is 0. The molecule has 0 atom stereocenters. The van der Waals surface area contributed by atoms with Crippen LogP contribution in [0.4, 0.5) is 5.69 Å². The fraction of sp³-hybridized carbons (Fsp3) is 0.333. The smallest absolute Gasteiger partial charge is 0.0642 e. The highest BCUT2D eigenvalue weighted by atomic mass is 16.5. The molecule has 1 aliphatic rings. The average molecular weight is 267 g/mol. The fourth-order valence-electron chi connectivity index (χ4n) is 2.66. The van der Waals surface area contributed by atoms with Gasteiger partial charge in [0.2, 0.25) is 0 Å². The SMILES string of the molecule is c1ccc(CCc2cccc(N3CCOCC3)c2)cc1. The fourth-order valence-corrected chi connectivity index (χ4v) is 2.66. The van der Waals surface area contributed by atoms with Gasteiger partial charge in [0.1, 0.15) is 0 Å². The van der Waals surface area contributed by atoms with Crippen LogP contribution in [0.5, 0.6) is 0 Å². The molecule has 2 heteroatoms. The molecule has 0 N–H and O–H groups in total. The van der Waals surface area contributed by atoms with E-state index in [4.69, 9.17) is 4.74 Å². The van der Waals surface area contributed by atoms with Gasteiger partial charge < -0.3 is 9.64 Å². The predicted octanol–water partition coefficient (Wildman–Crippen LogP) is 3.31. The van der Waals surface area contributed by atoms with Crippen LogP contribution in [0.3, 0.4) is 0 Å². The van der Waals surface area contributed by atoms with E-state index < -0.39 is 0 Å². The van der Waals surface area contributed by atoms with Crippen LogP contribution in [0.1, 0.15) is 11.1 Å². The monoisotopic (exact) mass is 267 g/mol. The molecule has 0 saturated carbocycles. The summed E-state index contributed by atoms with van der Waals surface area (Å²) in [7, 11) is 0. The minimum Gasteiger partial charge on any atom is -0.378 e. The Kier molecular flexibility index (Phi) is 4.34. The molecule has 20 heavy (non-hydrogen) atoms. The van der Waals surface area contributed by atoms with E-state index >= 15 is 0 Å². The summed E-state index contributed by atoms with van der Waals surface area (Å²) in [6, 6.07) is 19.6. The molecule has 2 aromatic carbocycles. The number of aryl methyl sites for hydroxylation is 2. The van der Waals surface area contributed by atoms with Gasteiger partial charge in [0, 0.05) is 18.8 Å². The highest BCUT2D eigenvalue weighted by Gasteiger charge is 2.11. The second-order valence-corrected chi connectivity index (χ2v) is 5.25. The highest BCUT2D eigenvalue weighted by Crippen LogP contribution is 2.18. The third-order valence-electron chi connectivity index (χ3n) is 3.83. The van der Waals surface area contributed by atoms with Gasteiger partial charge in [-0.2, -0.15) is 0 Å². The minimum atomic E-state index is 0.842. The van der Waals surface area contributed by atoms with Gasteiger partial charge in [0.25, 0.3) is 0 Å². The molecule has 0 radical (unpaired) electrons. The number of nitrogens with zero attached hydrogens (tertiary/aromatic N) is 1. The summed E-state index contributed by atoms with van der Waals surface area (Å²) in [5.41, 5.74) is 4.15. The van der Waals surface area contributed by atoms with Crippen LogP contribution >= 0.6 is 0 Å². The van der Waals surface area contributed by atoms with Crippen LogP contribution in [-0.2, 0) is 17.6 Å². The molecule has 0 aromatic heterocycles. The number of rotatable bonds is 4. The summed E-state index contributed by atoms with van der Waals surface area (Å²) in [4.78, 5) is 2.41. The Balaban J connectivity index is 1.65. The third kappa shape index (κ3) is 3.40. The Morgan fingerprint density at radius 1 is 0.800 bits per heavy atom. The van der Waals surface area contributed by atoms with E-state index in [1.165, 1.54) is 16.8 Å². The van der Waals surface area contributed by atoms with Crippen LogP contribution in [0.25, 0.3) is 0 Å². The summed E-state index contributed by atoms with van der Waals surface area (Å²) in [5.74, 6) is 0. The molecule has 2 nitrogen and oxygen atoms in total. The third-order valence-corrected chi connectivity index (χ3v) is 3.83. The number of hydrogen-bond acceptors (Lipinski definition) is 2. The zero-order valence-electron chi connectivity index (χ0n) is 11.8. The van der Waals surface area contributed by atoms with Crippen molar-refractivity contribution in [1.29, 1.82) is 0 Å². The number of morpholine rings is 1. The molecule has 0 aliphatic carbocycles. The van der Waals surface area contributed by atoms with Gasteiger partial charge in [-0.3, -0.25) is 0 Å². The number of benzene rings is 2. The molecule has 1 heterocycles. The molecular formula is C18H21NO. The summed E-state index contributed by atoms with van der Waals surface area (Å²) in [5, 5.41) is 0. The van der Waals surface area contributed by atoms with Crippen LogP contribution in [-0.4, -0.2) is 26.3 Å². The minimum absolute atomic E-state index is 0.842. The van der Waals surface area contributed by atoms with Gasteiger partial charge in [-0.1, -0.05) is 42.5 Å². The van der Waals surface area contributed by atoms with Crippen molar-refractivity contribution in [3.8, 4) is 0 Å². The molecule has 3 rings (SSSR count). The van der Waals surface area contributed by atoms with Gasteiger partial charge in [-0.05, 0) is 36.1 Å². The Hall–Kier alpha value is -1.80. The van der Waals surface area contributed by atoms with Crippen molar-refractivity contribution < 1.29 is 4.74 Å². The lowest BCUT2D eigenvalue weighted by molar-refractivity contribution is 0.122. The molecule has 104 valence electrons. The summed E-state index contributed by atoms with van der Waals surface area (Å²) < 4.78 is 5.42. The summed E-state index contributed by atoms with van der Waals surface area (Å²) in [6.45, 7) is 3.69. The van der Waals surface area contributed by atoms with Crippen molar-refractivity contribution in [2.24, 2.45) is 0 Å². The van der Waals surface area contributed by atoms with Crippen molar-refractivity contribution in [2.45, 2.75) is 12.8 Å². The second-order valence-electron chi connectivity index (χ2n) is 5.25. The lowest BCUT2D eigenvalue weighted by Gasteiger charge is -2.29. The normalized spacial score (nSPS) is 15.3. The van der Waals surface area contributed by atoms with E-state index in [2.05, 4.69) is 59.5 Å². The van der Waals surface area contributed by atoms with Gasteiger partial charge >= 0.3 is 0 Å². The first kappa shape index (κ1) is 13.2. The first-order valence-electron chi connectivity index (χ1n) is 7.37. The lowest BCUT2D eigenvalue weighted by atomic mass is 10.0. The molecular weight excluding hydrogens is 246 g/mol. The van der Waals surface area contributed by atoms with Gasteiger partial charge in [-0.15, -0.1) is 0 Å². The predicted molar refractivity (Wildman–Crippen MR) is 83.3 cm³/mol. The Labute approximate surface area is 121 Å². The van der Waals surface area contributed by atoms with Crippen molar-refractivity contribution in [1.82, 2.24) is 0 Å². The first-order chi connectivity index (χ1) is 9.92. The molecule has 0 spiro atoms. The van der Waals surface area contributed by atoms with Crippen molar-refractivity contribution >= 4 is 5.69 Å². The second kappa shape index (κ2) is 6.58. The van der Waals surface area contributed by atoms with Gasteiger partial charge in [0.15, 0.2) is 0 Å². The zero-order chi connectivity index (χ0) is 13.6. The largest absolute Gasteiger partial charge is 0.378 e. The Morgan fingerprint density at radius 3 is 2.30 bits per heavy atom. The lowest BCUT2D eigenvalue weighted by Crippen LogP contribution is -2.36. The van der Waals surface area contributed by atoms with Crippen LogP contribution < -0.4 is 4.90 Å². The summed E-state index contributed by atoms with van der Waals surface area (Å²) in [6.07, 6.45) is 2.20. The van der Waals surface area contributed by atoms with E-state index in [1.54, 1.807) is 0 Å². The molecule has 1 saturated heterocycles. The van der Waals surface area contributed by atoms with E-state index in [9.17, 15) is 0 Å². The molecule has 1 aliphatic heterocycles. The van der Waals surface area contributed by atoms with Gasteiger partial charge in [-0.25, -0.2) is 0 Å². The van der Waals surface area contributed by atoms with Crippen LogP contribution in [0, 0.1) is 0 Å². The quantitative estimate of drug-likeness (QED) is 0.842. The molecule has 0 unspecified atom stereocenters. The van der Waals surface area contributed by atoms with Crippen molar-refractivity contribution in [3.63, 3.8) is 0 Å². The van der Waals surface area contributed by atoms with E-state index in [0.717, 1.165) is 39.1 Å². The maximum absolute atomic E-state index is 5.42. The average Bonchev–Trinajstić information content (AvgIpc) is 2.55. The number of anilines is 1. The van der Waals surface area contributed by atoms with Crippen molar-refractivity contribution in [3.05, 3.63) is 65.7 Å². The van der Waals surface area contributed by atoms with E-state index in [1.807, 2.05) is 0 Å².